The van der Waals surface area contributed by atoms with Crippen LogP contribution in [-0.4, -0.2) is 16.1 Å². The molecule has 1 heterocycles. The van der Waals surface area contributed by atoms with Crippen LogP contribution >= 0.6 is 0 Å². The number of benzene rings is 1. The molecule has 1 aromatic heterocycles. The van der Waals surface area contributed by atoms with E-state index in [0.29, 0.717) is 18.8 Å². The maximum Gasteiger partial charge on any atom is 0.416 e. The van der Waals surface area contributed by atoms with Gasteiger partial charge in [0.15, 0.2) is 0 Å². The lowest BCUT2D eigenvalue weighted by Crippen LogP contribution is -2.13. The Kier molecular flexibility index (Phi) is 4.01. The zero-order valence-electron chi connectivity index (χ0n) is 11.3. The van der Waals surface area contributed by atoms with Crippen LogP contribution in [0, 0.1) is 13.8 Å². The van der Waals surface area contributed by atoms with Crippen molar-refractivity contribution >= 4 is 5.69 Å². The first-order chi connectivity index (χ1) is 9.38. The van der Waals surface area contributed by atoms with Crippen LogP contribution in [0.5, 0.6) is 0 Å². The van der Waals surface area contributed by atoms with Crippen molar-refractivity contribution in [2.45, 2.75) is 26.6 Å². The molecule has 0 saturated heterocycles. The largest absolute Gasteiger partial charge is 0.416 e. The van der Waals surface area contributed by atoms with Crippen molar-refractivity contribution in [2.75, 3.05) is 11.9 Å². The van der Waals surface area contributed by atoms with Crippen molar-refractivity contribution in [3.63, 3.8) is 0 Å². The van der Waals surface area contributed by atoms with E-state index >= 15 is 0 Å². The summed E-state index contributed by atoms with van der Waals surface area (Å²) in [6, 6.07) is 3.73. The fourth-order valence-electron chi connectivity index (χ4n) is 1.94. The number of anilines is 1. The quantitative estimate of drug-likeness (QED) is 0.928. The van der Waals surface area contributed by atoms with Crippen LogP contribution in [0.4, 0.5) is 18.9 Å². The first kappa shape index (κ1) is 14.4. The summed E-state index contributed by atoms with van der Waals surface area (Å²) in [6.07, 6.45) is -0.772. The van der Waals surface area contributed by atoms with Crippen molar-refractivity contribution in [3.8, 4) is 0 Å². The molecule has 0 atom stereocenters. The third kappa shape index (κ3) is 3.31. The lowest BCUT2D eigenvalue weighted by molar-refractivity contribution is -0.137. The van der Waals surface area contributed by atoms with Gasteiger partial charge in [0.2, 0.25) is 0 Å². The predicted molar refractivity (Wildman–Crippen MR) is 71.6 cm³/mol. The van der Waals surface area contributed by atoms with Gasteiger partial charge in [0, 0.05) is 31.2 Å². The van der Waals surface area contributed by atoms with Gasteiger partial charge in [-0.05, 0) is 31.5 Å². The zero-order chi connectivity index (χ0) is 14.8. The monoisotopic (exact) mass is 283 g/mol. The number of hydrogen-bond acceptors (Lipinski definition) is 2. The summed E-state index contributed by atoms with van der Waals surface area (Å²) in [6.45, 7) is 4.86. The standard InChI is InChI=1S/C14H16F3N3/c1-10-3-4-12(14(15,16)17)9-13(10)19-6-8-20-7-5-18-11(20)2/h3-5,7,9,19H,6,8H2,1-2H3. The van der Waals surface area contributed by atoms with Crippen LogP contribution < -0.4 is 5.32 Å². The fraction of sp³-hybridized carbons (Fsp3) is 0.357. The Morgan fingerprint density at radius 2 is 2.00 bits per heavy atom. The van der Waals surface area contributed by atoms with Crippen LogP contribution in [0.15, 0.2) is 30.6 Å². The third-order valence-electron chi connectivity index (χ3n) is 3.16. The fourth-order valence-corrected chi connectivity index (χ4v) is 1.94. The molecule has 0 aliphatic carbocycles. The molecule has 0 saturated carbocycles. The van der Waals surface area contributed by atoms with Crippen LogP contribution in [0.2, 0.25) is 0 Å². The van der Waals surface area contributed by atoms with Gasteiger partial charge in [0.1, 0.15) is 5.82 Å². The van der Waals surface area contributed by atoms with Gasteiger partial charge in [-0.3, -0.25) is 0 Å². The van der Waals surface area contributed by atoms with Gasteiger partial charge in [0.25, 0.3) is 0 Å². The summed E-state index contributed by atoms with van der Waals surface area (Å²) in [5.41, 5.74) is 0.669. The maximum atomic E-state index is 12.7. The van der Waals surface area contributed by atoms with Crippen molar-refractivity contribution < 1.29 is 13.2 Å². The average molecular weight is 283 g/mol. The second kappa shape index (κ2) is 5.56. The van der Waals surface area contributed by atoms with E-state index in [-0.39, 0.29) is 0 Å². The van der Waals surface area contributed by atoms with Crippen molar-refractivity contribution in [2.24, 2.45) is 0 Å². The molecular weight excluding hydrogens is 267 g/mol. The summed E-state index contributed by atoms with van der Waals surface area (Å²) in [4.78, 5) is 4.09. The second-order valence-corrected chi connectivity index (χ2v) is 4.62. The van der Waals surface area contributed by atoms with Gasteiger partial charge in [-0.1, -0.05) is 6.07 Å². The Labute approximate surface area is 115 Å². The Hall–Kier alpha value is -1.98. The Morgan fingerprint density at radius 1 is 1.25 bits per heavy atom. The summed E-state index contributed by atoms with van der Waals surface area (Å²) >= 11 is 0. The van der Waals surface area contributed by atoms with E-state index in [1.165, 1.54) is 6.07 Å². The molecule has 0 amide bonds. The number of hydrogen-bond donors (Lipinski definition) is 1. The van der Waals surface area contributed by atoms with Gasteiger partial charge < -0.3 is 9.88 Å². The number of alkyl halides is 3. The Morgan fingerprint density at radius 3 is 2.60 bits per heavy atom. The molecule has 0 fully saturated rings. The summed E-state index contributed by atoms with van der Waals surface area (Å²) < 4.78 is 39.9. The maximum absolute atomic E-state index is 12.7. The molecule has 2 rings (SSSR count). The summed E-state index contributed by atoms with van der Waals surface area (Å²) in [7, 11) is 0. The molecule has 0 unspecified atom stereocenters. The van der Waals surface area contributed by atoms with Crippen molar-refractivity contribution in [1.82, 2.24) is 9.55 Å². The SMILES string of the molecule is Cc1ccc(C(F)(F)F)cc1NCCn1ccnc1C. The number of aryl methyl sites for hydroxylation is 2. The molecular formula is C14H16F3N3. The van der Waals surface area contributed by atoms with E-state index in [1.807, 2.05) is 17.7 Å². The van der Waals surface area contributed by atoms with Crippen LogP contribution in [0.3, 0.4) is 0 Å². The number of halogens is 3. The van der Waals surface area contributed by atoms with Gasteiger partial charge >= 0.3 is 6.18 Å². The minimum absolute atomic E-state index is 0.512. The number of imidazole rings is 1. The second-order valence-electron chi connectivity index (χ2n) is 4.62. The van der Waals surface area contributed by atoms with Crippen LogP contribution in [0.1, 0.15) is 17.0 Å². The molecule has 0 aliphatic heterocycles. The van der Waals surface area contributed by atoms with E-state index in [1.54, 1.807) is 13.1 Å². The first-order valence-corrected chi connectivity index (χ1v) is 6.27. The lowest BCUT2D eigenvalue weighted by Gasteiger charge is -2.14. The molecule has 1 N–H and O–H groups in total. The van der Waals surface area contributed by atoms with Crippen LogP contribution in [0.25, 0.3) is 0 Å². The lowest BCUT2D eigenvalue weighted by atomic mass is 10.1. The molecule has 3 nitrogen and oxygen atoms in total. The highest BCUT2D eigenvalue weighted by atomic mass is 19.4. The van der Waals surface area contributed by atoms with Gasteiger partial charge in [-0.2, -0.15) is 13.2 Å². The Balaban J connectivity index is 2.04. The number of nitrogens with one attached hydrogen (secondary N) is 1. The highest BCUT2D eigenvalue weighted by Crippen LogP contribution is 2.31. The zero-order valence-corrected chi connectivity index (χ0v) is 11.3. The first-order valence-electron chi connectivity index (χ1n) is 6.27. The molecule has 0 radical (unpaired) electrons. The predicted octanol–water partition coefficient (Wildman–Crippen LogP) is 3.63. The molecule has 108 valence electrons. The molecule has 0 bridgehead atoms. The van der Waals surface area contributed by atoms with Crippen LogP contribution in [-0.2, 0) is 12.7 Å². The molecule has 2 aromatic rings. The van der Waals surface area contributed by atoms with Crippen molar-refractivity contribution in [3.05, 3.63) is 47.5 Å². The number of nitrogens with zero attached hydrogens (tertiary/aromatic N) is 2. The number of aromatic nitrogens is 2. The van der Waals surface area contributed by atoms with Gasteiger partial charge in [-0.15, -0.1) is 0 Å². The smallest absolute Gasteiger partial charge is 0.383 e. The average Bonchev–Trinajstić information content (AvgIpc) is 2.76. The normalized spacial score (nSPS) is 11.7. The van der Waals surface area contributed by atoms with E-state index in [4.69, 9.17) is 0 Å². The van der Waals surface area contributed by atoms with Gasteiger partial charge in [-0.25, -0.2) is 4.98 Å². The van der Waals surface area contributed by atoms with E-state index < -0.39 is 11.7 Å². The van der Waals surface area contributed by atoms with E-state index in [9.17, 15) is 13.2 Å². The van der Waals surface area contributed by atoms with Gasteiger partial charge in [0.05, 0.1) is 5.56 Å². The minimum Gasteiger partial charge on any atom is -0.383 e. The molecule has 1 aromatic carbocycles. The third-order valence-corrected chi connectivity index (χ3v) is 3.16. The van der Waals surface area contributed by atoms with Crippen molar-refractivity contribution in [1.29, 1.82) is 0 Å². The van der Waals surface area contributed by atoms with E-state index in [2.05, 4.69) is 10.3 Å². The minimum atomic E-state index is -4.31. The number of rotatable bonds is 4. The van der Waals surface area contributed by atoms with E-state index in [0.717, 1.165) is 23.5 Å². The highest BCUT2D eigenvalue weighted by molar-refractivity contribution is 5.53. The topological polar surface area (TPSA) is 29.9 Å². The molecule has 0 aliphatic rings. The molecule has 20 heavy (non-hydrogen) atoms. The Bertz CT molecular complexity index is 588. The summed E-state index contributed by atoms with van der Waals surface area (Å²) in [5, 5.41) is 3.04. The summed E-state index contributed by atoms with van der Waals surface area (Å²) in [5.74, 6) is 0.882. The molecule has 0 spiro atoms. The molecule has 6 heteroatoms. The highest BCUT2D eigenvalue weighted by Gasteiger charge is 2.30.